The molecule has 0 amide bonds. The molecule has 0 fully saturated rings. The van der Waals surface area contributed by atoms with Gasteiger partial charge in [0.25, 0.3) is 0 Å². The Balaban J connectivity index is 1.61. The van der Waals surface area contributed by atoms with Gasteiger partial charge in [0.2, 0.25) is 5.95 Å². The van der Waals surface area contributed by atoms with Crippen LogP contribution in [0.25, 0.3) is 22.6 Å². The van der Waals surface area contributed by atoms with Gasteiger partial charge in [-0.3, -0.25) is 0 Å². The third kappa shape index (κ3) is 4.74. The number of alkyl halides is 3. The Morgan fingerprint density at radius 2 is 1.85 bits per heavy atom. The van der Waals surface area contributed by atoms with Crippen LogP contribution in [-0.2, 0) is 12.6 Å². The zero-order valence-electron chi connectivity index (χ0n) is 17.1. The lowest BCUT2D eigenvalue weighted by molar-refractivity contribution is -0.137. The maximum atomic E-state index is 13.0. The van der Waals surface area contributed by atoms with Crippen LogP contribution in [-0.4, -0.2) is 31.5 Å². The fourth-order valence-corrected chi connectivity index (χ4v) is 3.26. The third-order valence-electron chi connectivity index (χ3n) is 4.88. The first-order valence-corrected chi connectivity index (χ1v) is 9.78. The summed E-state index contributed by atoms with van der Waals surface area (Å²) in [6, 6.07) is 8.50. The van der Waals surface area contributed by atoms with Crippen molar-refractivity contribution in [3.8, 4) is 28.7 Å². The maximum Gasteiger partial charge on any atom is 0.416 e. The zero-order chi connectivity index (χ0) is 23.4. The van der Waals surface area contributed by atoms with E-state index < -0.39 is 11.7 Å². The first-order chi connectivity index (χ1) is 15.9. The zero-order valence-corrected chi connectivity index (χ0v) is 17.1. The summed E-state index contributed by atoms with van der Waals surface area (Å²) in [5, 5.41) is 12.4. The molecule has 0 unspecified atom stereocenters. The molecule has 0 radical (unpaired) electrons. The predicted molar refractivity (Wildman–Crippen MR) is 116 cm³/mol. The Bertz CT molecular complexity index is 1290. The second-order valence-corrected chi connectivity index (χ2v) is 6.99. The summed E-state index contributed by atoms with van der Waals surface area (Å²) in [4.78, 5) is 19.9. The number of rotatable bonds is 6. The molecule has 166 valence electrons. The SMILES string of the molecule is N#Cc1c(CCNc2ncc(-c3ncc[nH]3)c(-c3ccc(C(F)(F)F)cc3)n2)ccnc1N. The molecular weight excluding hydrogens is 433 g/mol. The summed E-state index contributed by atoms with van der Waals surface area (Å²) in [6.07, 6.45) is 2.31. The summed E-state index contributed by atoms with van der Waals surface area (Å²) in [5.41, 5.74) is 7.48. The maximum absolute atomic E-state index is 13.0. The summed E-state index contributed by atoms with van der Waals surface area (Å²) in [7, 11) is 0. The second kappa shape index (κ2) is 8.96. The number of nitrogen functional groups attached to an aromatic ring is 1. The lowest BCUT2D eigenvalue weighted by atomic mass is 10.0. The van der Waals surface area contributed by atoms with Gasteiger partial charge in [0.05, 0.1) is 22.4 Å². The molecule has 3 aromatic heterocycles. The van der Waals surface area contributed by atoms with Gasteiger partial charge in [-0.15, -0.1) is 0 Å². The summed E-state index contributed by atoms with van der Waals surface area (Å²) < 4.78 is 38.9. The van der Waals surface area contributed by atoms with E-state index in [1.807, 2.05) is 6.07 Å². The molecule has 0 bridgehead atoms. The topological polar surface area (TPSA) is 129 Å². The Hall–Kier alpha value is -4.46. The highest BCUT2D eigenvalue weighted by molar-refractivity contribution is 5.77. The van der Waals surface area contributed by atoms with Gasteiger partial charge in [0.15, 0.2) is 0 Å². The van der Waals surface area contributed by atoms with E-state index in [2.05, 4.69) is 30.2 Å². The monoisotopic (exact) mass is 450 g/mol. The van der Waals surface area contributed by atoms with Crippen LogP contribution < -0.4 is 11.1 Å². The average molecular weight is 450 g/mol. The smallest absolute Gasteiger partial charge is 0.383 e. The number of halogens is 3. The number of anilines is 2. The molecule has 8 nitrogen and oxygen atoms in total. The number of imidazole rings is 1. The average Bonchev–Trinajstić information content (AvgIpc) is 3.33. The van der Waals surface area contributed by atoms with Crippen LogP contribution in [0.3, 0.4) is 0 Å². The summed E-state index contributed by atoms with van der Waals surface area (Å²) in [5.74, 6) is 0.932. The molecular formula is C22H17F3N8. The Labute approximate surface area is 186 Å². The van der Waals surface area contributed by atoms with Crippen LogP contribution in [0.1, 0.15) is 16.7 Å². The number of nitrogens with zero attached hydrogens (tertiary/aromatic N) is 5. The van der Waals surface area contributed by atoms with Gasteiger partial charge in [-0.2, -0.15) is 18.4 Å². The van der Waals surface area contributed by atoms with Crippen LogP contribution in [0, 0.1) is 11.3 Å². The van der Waals surface area contributed by atoms with E-state index in [1.54, 1.807) is 24.7 Å². The number of hydrogen-bond acceptors (Lipinski definition) is 7. The molecule has 11 heteroatoms. The number of hydrogen-bond donors (Lipinski definition) is 3. The van der Waals surface area contributed by atoms with E-state index in [0.29, 0.717) is 41.2 Å². The molecule has 0 atom stereocenters. The molecule has 4 rings (SSSR count). The standard InChI is InChI=1S/C22H17F3N8/c23-22(24,25)15-3-1-14(2-4-15)18-17(20-29-9-10-30-20)12-32-21(33-18)31-8-6-13-5-7-28-19(27)16(13)11-26/h1-5,7,9-10,12H,6,8H2,(H2,27,28)(H,29,30)(H,31,32,33). The molecule has 4 N–H and O–H groups in total. The largest absolute Gasteiger partial charge is 0.416 e. The summed E-state index contributed by atoms with van der Waals surface area (Å²) in [6.45, 7) is 0.394. The van der Waals surface area contributed by atoms with E-state index in [0.717, 1.165) is 17.7 Å². The Morgan fingerprint density at radius 3 is 2.52 bits per heavy atom. The van der Waals surface area contributed by atoms with Gasteiger partial charge >= 0.3 is 6.18 Å². The van der Waals surface area contributed by atoms with Gasteiger partial charge in [-0.05, 0) is 30.2 Å². The number of benzene rings is 1. The van der Waals surface area contributed by atoms with Crippen molar-refractivity contribution >= 4 is 11.8 Å². The molecule has 3 heterocycles. The van der Waals surface area contributed by atoms with Crippen molar-refractivity contribution in [3.05, 3.63) is 71.8 Å². The summed E-state index contributed by atoms with van der Waals surface area (Å²) >= 11 is 0. The number of pyridine rings is 1. The number of nitriles is 1. The van der Waals surface area contributed by atoms with Crippen LogP contribution in [0.2, 0.25) is 0 Å². The normalized spacial score (nSPS) is 11.2. The van der Waals surface area contributed by atoms with E-state index in [-0.39, 0.29) is 11.8 Å². The molecule has 0 saturated carbocycles. The van der Waals surface area contributed by atoms with Crippen LogP contribution in [0.15, 0.2) is 55.1 Å². The minimum absolute atomic E-state index is 0.165. The van der Waals surface area contributed by atoms with Gasteiger partial charge in [0, 0.05) is 36.9 Å². The number of aromatic nitrogens is 5. The lowest BCUT2D eigenvalue weighted by Gasteiger charge is -2.12. The van der Waals surface area contributed by atoms with Crippen molar-refractivity contribution in [2.24, 2.45) is 0 Å². The Morgan fingerprint density at radius 1 is 1.06 bits per heavy atom. The van der Waals surface area contributed by atoms with Crippen LogP contribution in [0.4, 0.5) is 24.9 Å². The van der Waals surface area contributed by atoms with Gasteiger partial charge in [-0.25, -0.2) is 19.9 Å². The van der Waals surface area contributed by atoms with Gasteiger partial charge in [-0.1, -0.05) is 12.1 Å². The highest BCUT2D eigenvalue weighted by Gasteiger charge is 2.30. The van der Waals surface area contributed by atoms with Crippen molar-refractivity contribution in [2.75, 3.05) is 17.6 Å². The molecule has 0 aliphatic rings. The minimum atomic E-state index is -4.43. The Kier molecular flexibility index (Phi) is 5.91. The van der Waals surface area contributed by atoms with Crippen molar-refractivity contribution in [2.45, 2.75) is 12.6 Å². The molecule has 0 spiro atoms. The van der Waals surface area contributed by atoms with Crippen molar-refractivity contribution in [1.29, 1.82) is 5.26 Å². The van der Waals surface area contributed by atoms with E-state index in [9.17, 15) is 18.4 Å². The van der Waals surface area contributed by atoms with Crippen LogP contribution >= 0.6 is 0 Å². The third-order valence-corrected chi connectivity index (χ3v) is 4.88. The first-order valence-electron chi connectivity index (χ1n) is 9.78. The highest BCUT2D eigenvalue weighted by Crippen LogP contribution is 2.33. The van der Waals surface area contributed by atoms with Gasteiger partial charge in [0.1, 0.15) is 17.7 Å². The number of H-pyrrole nitrogens is 1. The minimum Gasteiger partial charge on any atom is -0.383 e. The molecule has 1 aromatic carbocycles. The molecule has 4 aromatic rings. The molecule has 0 saturated heterocycles. The fraction of sp³-hybridized carbons (Fsp3) is 0.136. The van der Waals surface area contributed by atoms with Gasteiger partial charge < -0.3 is 16.0 Å². The first kappa shape index (κ1) is 21.8. The molecule has 33 heavy (non-hydrogen) atoms. The van der Waals surface area contributed by atoms with Crippen molar-refractivity contribution < 1.29 is 13.2 Å². The van der Waals surface area contributed by atoms with E-state index in [4.69, 9.17) is 5.73 Å². The van der Waals surface area contributed by atoms with Crippen LogP contribution in [0.5, 0.6) is 0 Å². The molecule has 0 aliphatic carbocycles. The van der Waals surface area contributed by atoms with Crippen molar-refractivity contribution in [3.63, 3.8) is 0 Å². The molecule has 0 aliphatic heterocycles. The second-order valence-electron chi connectivity index (χ2n) is 6.99. The fourth-order valence-electron chi connectivity index (χ4n) is 3.26. The lowest BCUT2D eigenvalue weighted by Crippen LogP contribution is -2.10. The number of aromatic amines is 1. The van der Waals surface area contributed by atoms with E-state index >= 15 is 0 Å². The number of nitrogens with two attached hydrogens (primary N) is 1. The highest BCUT2D eigenvalue weighted by atomic mass is 19.4. The number of nitrogens with one attached hydrogen (secondary N) is 2. The van der Waals surface area contributed by atoms with Crippen molar-refractivity contribution in [1.82, 2.24) is 24.9 Å². The predicted octanol–water partition coefficient (Wildman–Crippen LogP) is 4.06. The van der Waals surface area contributed by atoms with E-state index in [1.165, 1.54) is 18.3 Å². The quantitative estimate of drug-likeness (QED) is 0.404.